The molecule has 0 saturated heterocycles. The minimum absolute atomic E-state index is 0.306. The summed E-state index contributed by atoms with van der Waals surface area (Å²) < 4.78 is 13.1. The van der Waals surface area contributed by atoms with E-state index >= 15 is 0 Å². The van der Waals surface area contributed by atoms with Crippen molar-refractivity contribution in [2.45, 2.75) is 12.2 Å². The first-order valence-electron chi connectivity index (χ1n) is 3.81. The van der Waals surface area contributed by atoms with Crippen LogP contribution in [0.25, 0.3) is 0 Å². The molecule has 1 aromatic rings. The Hall–Kier alpha value is -1.64. The van der Waals surface area contributed by atoms with Gasteiger partial charge in [0.25, 0.3) is 0 Å². The average Bonchev–Trinajstić information content (AvgIpc) is 2.20. The molecule has 2 unspecified atom stereocenters. The summed E-state index contributed by atoms with van der Waals surface area (Å²) in [6.45, 7) is 0. The summed E-state index contributed by atoms with van der Waals surface area (Å²) in [4.78, 5) is 0. The van der Waals surface area contributed by atoms with Crippen molar-refractivity contribution >= 4 is 0 Å². The Morgan fingerprint density at radius 1 is 1.36 bits per heavy atom. The zero-order valence-electron chi connectivity index (χ0n) is 7.05. The molecule has 0 radical (unpaired) electrons. The largest absolute Gasteiger partial charge is 0.505 e. The zero-order chi connectivity index (χ0) is 10.7. The van der Waals surface area contributed by atoms with E-state index in [2.05, 4.69) is 0 Å². The van der Waals surface area contributed by atoms with Gasteiger partial charge in [-0.05, 0) is 6.07 Å². The van der Waals surface area contributed by atoms with E-state index in [0.29, 0.717) is 0 Å². The van der Waals surface area contributed by atoms with Crippen LogP contribution in [0.3, 0.4) is 0 Å². The van der Waals surface area contributed by atoms with Crippen LogP contribution in [-0.2, 0) is 0 Å². The van der Waals surface area contributed by atoms with Crippen LogP contribution in [-0.4, -0.2) is 21.4 Å². The van der Waals surface area contributed by atoms with Gasteiger partial charge < -0.3 is 15.3 Å². The summed E-state index contributed by atoms with van der Waals surface area (Å²) in [5.41, 5.74) is -0.306. The summed E-state index contributed by atoms with van der Waals surface area (Å²) in [5.74, 6) is -1.67. The highest BCUT2D eigenvalue weighted by Crippen LogP contribution is 2.25. The van der Waals surface area contributed by atoms with Gasteiger partial charge in [-0.15, -0.1) is 0 Å². The van der Waals surface area contributed by atoms with Crippen LogP contribution in [0.4, 0.5) is 4.39 Å². The Bertz CT molecular complexity index is 375. The van der Waals surface area contributed by atoms with Crippen LogP contribution in [0.1, 0.15) is 11.7 Å². The van der Waals surface area contributed by atoms with Crippen molar-refractivity contribution in [1.82, 2.24) is 0 Å². The van der Waals surface area contributed by atoms with Crippen LogP contribution < -0.4 is 0 Å². The highest BCUT2D eigenvalue weighted by molar-refractivity contribution is 5.32. The highest BCUT2D eigenvalue weighted by atomic mass is 19.1. The molecule has 0 aliphatic carbocycles. The van der Waals surface area contributed by atoms with Gasteiger partial charge >= 0.3 is 0 Å². The number of nitriles is 1. The second kappa shape index (κ2) is 4.05. The number of phenols is 1. The molecular weight excluding hydrogens is 189 g/mol. The van der Waals surface area contributed by atoms with Crippen molar-refractivity contribution in [2.24, 2.45) is 0 Å². The third-order valence-electron chi connectivity index (χ3n) is 1.76. The van der Waals surface area contributed by atoms with Crippen LogP contribution in [0.2, 0.25) is 0 Å². The molecule has 4 nitrogen and oxygen atoms in total. The van der Waals surface area contributed by atoms with E-state index in [1.54, 1.807) is 0 Å². The Kier molecular flexibility index (Phi) is 3.02. The molecular formula is C9H8FNO3. The third kappa shape index (κ3) is 1.82. The van der Waals surface area contributed by atoms with Crippen LogP contribution in [0, 0.1) is 17.1 Å². The molecule has 0 bridgehead atoms. The quantitative estimate of drug-likeness (QED) is 0.601. The maximum absolute atomic E-state index is 13.1. The van der Waals surface area contributed by atoms with E-state index in [-0.39, 0.29) is 5.56 Å². The average molecular weight is 197 g/mol. The van der Waals surface area contributed by atoms with Crippen molar-refractivity contribution in [3.05, 3.63) is 29.6 Å². The summed E-state index contributed by atoms with van der Waals surface area (Å²) in [6.07, 6.45) is -3.38. The number of phenolic OH excluding ortho intramolecular Hbond substituents is 1. The highest BCUT2D eigenvalue weighted by Gasteiger charge is 2.22. The number of aliphatic hydroxyl groups is 2. The minimum atomic E-state index is -1.72. The zero-order valence-corrected chi connectivity index (χ0v) is 7.05. The molecule has 1 rings (SSSR count). The second-order valence-corrected chi connectivity index (χ2v) is 2.70. The number of rotatable bonds is 2. The lowest BCUT2D eigenvalue weighted by Crippen LogP contribution is -2.16. The predicted molar refractivity (Wildman–Crippen MR) is 44.6 cm³/mol. The van der Waals surface area contributed by atoms with E-state index in [9.17, 15) is 9.50 Å². The van der Waals surface area contributed by atoms with Crippen LogP contribution in [0.5, 0.6) is 5.75 Å². The fraction of sp³-hybridized carbons (Fsp3) is 0.222. The predicted octanol–water partition coefficient (Wildman–Crippen LogP) is 0.449. The van der Waals surface area contributed by atoms with Crippen molar-refractivity contribution < 1.29 is 19.7 Å². The first kappa shape index (κ1) is 10.4. The number of hydrogen-bond donors (Lipinski definition) is 3. The first-order chi connectivity index (χ1) is 6.57. The van der Waals surface area contributed by atoms with Crippen LogP contribution in [0.15, 0.2) is 18.2 Å². The molecule has 0 amide bonds. The Morgan fingerprint density at radius 3 is 2.57 bits per heavy atom. The number of nitrogens with zero attached hydrogens (tertiary/aromatic N) is 1. The normalized spacial score (nSPS) is 14.4. The van der Waals surface area contributed by atoms with E-state index in [0.717, 1.165) is 6.07 Å². The number of aromatic hydroxyl groups is 1. The lowest BCUT2D eigenvalue weighted by atomic mass is 10.0. The third-order valence-corrected chi connectivity index (χ3v) is 1.76. The van der Waals surface area contributed by atoms with Gasteiger partial charge in [0.05, 0.1) is 6.07 Å². The summed E-state index contributed by atoms with van der Waals surface area (Å²) >= 11 is 0. The van der Waals surface area contributed by atoms with Crippen molar-refractivity contribution in [3.63, 3.8) is 0 Å². The topological polar surface area (TPSA) is 84.5 Å². The van der Waals surface area contributed by atoms with Gasteiger partial charge in [0, 0.05) is 5.56 Å². The molecule has 0 saturated carbocycles. The fourth-order valence-electron chi connectivity index (χ4n) is 1.01. The Morgan fingerprint density at radius 2 is 2.00 bits per heavy atom. The van der Waals surface area contributed by atoms with Gasteiger partial charge in [0.2, 0.25) is 0 Å². The molecule has 14 heavy (non-hydrogen) atoms. The molecule has 0 aromatic heterocycles. The van der Waals surface area contributed by atoms with Crippen molar-refractivity contribution in [1.29, 1.82) is 5.26 Å². The lowest BCUT2D eigenvalue weighted by molar-refractivity contribution is 0.0500. The number of aliphatic hydroxyl groups excluding tert-OH is 2. The molecule has 0 aliphatic rings. The molecule has 0 aliphatic heterocycles. The van der Waals surface area contributed by atoms with E-state index < -0.39 is 23.8 Å². The van der Waals surface area contributed by atoms with E-state index in [1.807, 2.05) is 0 Å². The summed E-state index contributed by atoms with van der Waals surface area (Å²) in [7, 11) is 0. The van der Waals surface area contributed by atoms with Gasteiger partial charge in [0.1, 0.15) is 6.10 Å². The standard InChI is InChI=1S/C9H8FNO3/c10-8-5(2-1-3-6(8)12)9(14)7(13)4-11/h1-3,7,9,12-14H. The Labute approximate surface area is 79.5 Å². The Balaban J connectivity index is 3.08. The lowest BCUT2D eigenvalue weighted by Gasteiger charge is -2.12. The number of benzene rings is 1. The van der Waals surface area contributed by atoms with Crippen molar-refractivity contribution in [2.75, 3.05) is 0 Å². The van der Waals surface area contributed by atoms with E-state index in [4.69, 9.17) is 15.5 Å². The van der Waals surface area contributed by atoms with Gasteiger partial charge in [-0.2, -0.15) is 5.26 Å². The SMILES string of the molecule is N#CC(O)C(O)c1cccc(O)c1F. The summed E-state index contributed by atoms with van der Waals surface area (Å²) in [6, 6.07) is 4.96. The molecule has 74 valence electrons. The summed E-state index contributed by atoms with van der Waals surface area (Å²) in [5, 5.41) is 35.4. The number of halogens is 1. The van der Waals surface area contributed by atoms with E-state index in [1.165, 1.54) is 18.2 Å². The second-order valence-electron chi connectivity index (χ2n) is 2.70. The van der Waals surface area contributed by atoms with Gasteiger partial charge in [-0.1, -0.05) is 12.1 Å². The molecule has 5 heteroatoms. The molecule has 1 aromatic carbocycles. The first-order valence-corrected chi connectivity index (χ1v) is 3.81. The smallest absolute Gasteiger partial charge is 0.170 e. The maximum atomic E-state index is 13.1. The monoisotopic (exact) mass is 197 g/mol. The molecule has 3 N–H and O–H groups in total. The van der Waals surface area contributed by atoms with Crippen LogP contribution >= 0.6 is 0 Å². The molecule has 0 heterocycles. The van der Waals surface area contributed by atoms with Gasteiger partial charge in [-0.25, -0.2) is 4.39 Å². The number of hydrogen-bond acceptors (Lipinski definition) is 4. The maximum Gasteiger partial charge on any atom is 0.170 e. The molecule has 0 spiro atoms. The van der Waals surface area contributed by atoms with Crippen molar-refractivity contribution in [3.8, 4) is 11.8 Å². The van der Waals surface area contributed by atoms with Gasteiger partial charge in [0.15, 0.2) is 17.7 Å². The minimum Gasteiger partial charge on any atom is -0.505 e. The fourth-order valence-corrected chi connectivity index (χ4v) is 1.01. The van der Waals surface area contributed by atoms with Gasteiger partial charge in [-0.3, -0.25) is 0 Å². The molecule has 0 fully saturated rings. The molecule has 2 atom stereocenters.